The second-order valence-corrected chi connectivity index (χ2v) is 11.2. The van der Waals surface area contributed by atoms with Crippen LogP contribution in [0.25, 0.3) is 0 Å². The van der Waals surface area contributed by atoms with Gasteiger partial charge in [0.1, 0.15) is 5.76 Å². The van der Waals surface area contributed by atoms with E-state index in [1.165, 1.54) is 49.4 Å². The minimum Gasteiger partial charge on any atom is -0.510 e. The Morgan fingerprint density at radius 3 is 1.89 bits per heavy atom. The van der Waals surface area contributed by atoms with Gasteiger partial charge in [-0.2, -0.15) is 5.11 Å². The number of aliphatic hydroxyl groups is 1. The molecule has 0 aliphatic rings. The Balaban J connectivity index is 2.33. The highest BCUT2D eigenvalue weighted by atomic mass is 16.6. The van der Waals surface area contributed by atoms with Crippen molar-refractivity contribution < 1.29 is 33.9 Å². The number of rotatable bonds is 19. The molecule has 0 saturated carbocycles. The van der Waals surface area contributed by atoms with Crippen LogP contribution in [0, 0.1) is 22.0 Å². The second-order valence-electron chi connectivity index (χ2n) is 11.2. The Morgan fingerprint density at radius 2 is 1.41 bits per heavy atom. The van der Waals surface area contributed by atoms with Gasteiger partial charge >= 0.3 is 11.9 Å². The number of nitrogens with zero attached hydrogens (tertiary/aromatic N) is 3. The number of anilines is 1. The minimum atomic E-state index is -0.816. The molecule has 12 heteroatoms. The number of ether oxygens (including phenoxy) is 2. The van der Waals surface area contributed by atoms with Gasteiger partial charge in [-0.15, -0.1) is 5.11 Å². The molecular formula is C34H46N4O8. The van der Waals surface area contributed by atoms with Gasteiger partial charge in [0.2, 0.25) is 0 Å². The lowest BCUT2D eigenvalue weighted by Crippen LogP contribution is -2.19. The summed E-state index contributed by atoms with van der Waals surface area (Å²) in [6, 6.07) is 9.30. The highest BCUT2D eigenvalue weighted by molar-refractivity contribution is 6.04. The molecule has 2 N–H and O–H groups in total. The summed E-state index contributed by atoms with van der Waals surface area (Å²) in [5.74, 6) is -2.22. The van der Waals surface area contributed by atoms with Gasteiger partial charge < -0.3 is 19.9 Å². The van der Waals surface area contributed by atoms with Crippen LogP contribution in [0.2, 0.25) is 0 Å². The summed E-state index contributed by atoms with van der Waals surface area (Å²) in [6.45, 7) is 9.96. The maximum absolute atomic E-state index is 13.3. The molecule has 0 aliphatic heterocycles. The first-order valence-corrected chi connectivity index (χ1v) is 15.9. The van der Waals surface area contributed by atoms with Crippen molar-refractivity contribution in [3.63, 3.8) is 0 Å². The molecule has 0 aromatic heterocycles. The molecule has 0 heterocycles. The molecule has 2 rings (SSSR count). The zero-order valence-electron chi connectivity index (χ0n) is 27.4. The van der Waals surface area contributed by atoms with Gasteiger partial charge in [-0.3, -0.25) is 14.9 Å². The summed E-state index contributed by atoms with van der Waals surface area (Å²) in [5, 5.41) is 31.5. The Hall–Kier alpha value is -4.61. The molecule has 0 fully saturated rings. The topological polar surface area (TPSA) is 170 Å². The van der Waals surface area contributed by atoms with Gasteiger partial charge in [0.15, 0.2) is 5.70 Å². The molecule has 2 unspecified atom stereocenters. The molecule has 2 aromatic rings. The largest absolute Gasteiger partial charge is 0.510 e. The van der Waals surface area contributed by atoms with Crippen LogP contribution in [0.3, 0.4) is 0 Å². The van der Waals surface area contributed by atoms with Crippen LogP contribution < -0.4 is 5.32 Å². The van der Waals surface area contributed by atoms with E-state index >= 15 is 0 Å². The fraction of sp³-hybridized carbons (Fsp3) is 0.500. The number of unbranched alkanes of at least 4 members (excludes halogenated alkanes) is 2. The lowest BCUT2D eigenvalue weighted by molar-refractivity contribution is -0.384. The van der Waals surface area contributed by atoms with Crippen LogP contribution in [-0.4, -0.2) is 41.1 Å². The second kappa shape index (κ2) is 19.7. The third kappa shape index (κ3) is 12.1. The lowest BCUT2D eigenvalue weighted by atomic mass is 10.0. The molecule has 250 valence electrons. The Kier molecular flexibility index (Phi) is 16.1. The van der Waals surface area contributed by atoms with E-state index in [0.717, 1.165) is 51.4 Å². The molecule has 0 aliphatic carbocycles. The van der Waals surface area contributed by atoms with Gasteiger partial charge in [-0.1, -0.05) is 66.2 Å². The van der Waals surface area contributed by atoms with Crippen molar-refractivity contribution in [3.8, 4) is 0 Å². The average molecular weight is 639 g/mol. The normalized spacial score (nSPS) is 13.1. The molecule has 2 aromatic carbocycles. The van der Waals surface area contributed by atoms with E-state index in [1.54, 1.807) is 0 Å². The molecule has 46 heavy (non-hydrogen) atoms. The Morgan fingerprint density at radius 1 is 0.870 bits per heavy atom. The predicted octanol–water partition coefficient (Wildman–Crippen LogP) is 8.85. The van der Waals surface area contributed by atoms with E-state index in [0.29, 0.717) is 0 Å². The number of amides is 1. The Labute approximate surface area is 270 Å². The number of allylic oxidation sites excluding steroid dienone is 1. The zero-order valence-corrected chi connectivity index (χ0v) is 27.4. The van der Waals surface area contributed by atoms with Crippen LogP contribution in [-0.2, 0) is 14.3 Å². The monoisotopic (exact) mass is 638 g/mol. The molecular weight excluding hydrogens is 592 g/mol. The van der Waals surface area contributed by atoms with Gasteiger partial charge in [-0.05, 0) is 61.9 Å². The zero-order chi connectivity index (χ0) is 34.1. The van der Waals surface area contributed by atoms with Gasteiger partial charge in [-0.25, -0.2) is 9.59 Å². The van der Waals surface area contributed by atoms with E-state index < -0.39 is 34.2 Å². The fourth-order valence-electron chi connectivity index (χ4n) is 4.53. The van der Waals surface area contributed by atoms with Gasteiger partial charge in [0.05, 0.1) is 35.0 Å². The van der Waals surface area contributed by atoms with Crippen molar-refractivity contribution in [1.29, 1.82) is 0 Å². The van der Waals surface area contributed by atoms with Crippen molar-refractivity contribution >= 4 is 34.9 Å². The number of esters is 2. The smallest absolute Gasteiger partial charge is 0.339 e. The molecule has 12 nitrogen and oxygen atoms in total. The number of hydrogen-bond donors (Lipinski definition) is 2. The van der Waals surface area contributed by atoms with Crippen molar-refractivity contribution in [1.82, 2.24) is 0 Å². The van der Waals surface area contributed by atoms with E-state index in [2.05, 4.69) is 29.4 Å². The number of aliphatic hydroxyl groups excluding tert-OH is 1. The van der Waals surface area contributed by atoms with Gasteiger partial charge in [0.25, 0.3) is 11.6 Å². The van der Waals surface area contributed by atoms with E-state index in [-0.39, 0.29) is 53.2 Å². The summed E-state index contributed by atoms with van der Waals surface area (Å²) < 4.78 is 11.3. The number of nitro benzene ring substituents is 1. The summed E-state index contributed by atoms with van der Waals surface area (Å²) in [6.07, 6.45) is 7.65. The Bertz CT molecular complexity index is 1380. The van der Waals surface area contributed by atoms with E-state index in [9.17, 15) is 29.6 Å². The van der Waals surface area contributed by atoms with Gasteiger partial charge in [0, 0.05) is 17.8 Å². The maximum Gasteiger partial charge on any atom is 0.339 e. The molecule has 2 atom stereocenters. The van der Waals surface area contributed by atoms with Crippen molar-refractivity contribution in [3.05, 3.63) is 75.2 Å². The molecule has 0 radical (unpaired) electrons. The van der Waals surface area contributed by atoms with Crippen LogP contribution >= 0.6 is 0 Å². The highest BCUT2D eigenvalue weighted by Gasteiger charge is 2.23. The molecule has 0 bridgehead atoms. The minimum absolute atomic E-state index is 0.0286. The third-order valence-electron chi connectivity index (χ3n) is 7.59. The van der Waals surface area contributed by atoms with E-state index in [1.807, 2.05) is 13.8 Å². The summed E-state index contributed by atoms with van der Waals surface area (Å²) in [7, 11) is 0. The first kappa shape index (κ1) is 37.6. The summed E-state index contributed by atoms with van der Waals surface area (Å²) in [4.78, 5) is 49.7. The van der Waals surface area contributed by atoms with Crippen molar-refractivity contribution in [2.45, 2.75) is 86.0 Å². The summed E-state index contributed by atoms with van der Waals surface area (Å²) in [5.41, 5.74) is -0.234. The number of carbonyl (C=O) groups is 3. The third-order valence-corrected chi connectivity index (χ3v) is 7.59. The number of hydrogen-bond acceptors (Lipinski definition) is 10. The number of benzene rings is 2. The maximum atomic E-state index is 13.3. The molecule has 0 spiro atoms. The SMILES string of the molecule is CCCCC(CC)COC(=O)c1ccc(N=NC(C(=O)Nc2ccc([N+](=O)[O-])cc2)=C(C)O)cc1C(=O)OCC(CC)CCCC. The number of nitro groups is 1. The molecule has 0 saturated heterocycles. The average Bonchev–Trinajstić information content (AvgIpc) is 3.04. The van der Waals surface area contributed by atoms with E-state index in [4.69, 9.17) is 9.47 Å². The quantitative estimate of drug-likeness (QED) is 0.0384. The molecule has 1 amide bonds. The standard InChI is InChI=1S/C34H46N4O8/c1-6-10-12-24(8-3)21-45-33(41)29-19-16-27(20-30(29)34(42)46-22-25(9-4)13-11-7-2)36-37-31(23(5)39)32(40)35-26-14-17-28(18-15-26)38(43)44/h14-20,24-25,39H,6-13,21-22H2,1-5H3,(H,35,40). The lowest BCUT2D eigenvalue weighted by Gasteiger charge is -2.17. The summed E-state index contributed by atoms with van der Waals surface area (Å²) >= 11 is 0. The first-order chi connectivity index (χ1) is 22.0. The van der Waals surface area contributed by atoms with Crippen LogP contribution in [0.5, 0.6) is 0 Å². The predicted molar refractivity (Wildman–Crippen MR) is 175 cm³/mol. The fourth-order valence-corrected chi connectivity index (χ4v) is 4.53. The number of non-ortho nitro benzene ring substituents is 1. The number of nitrogens with one attached hydrogen (secondary N) is 1. The van der Waals surface area contributed by atoms with Crippen LogP contribution in [0.4, 0.5) is 17.1 Å². The number of azo groups is 1. The van der Waals surface area contributed by atoms with Crippen molar-refractivity contribution in [2.75, 3.05) is 18.5 Å². The van der Waals surface area contributed by atoms with Crippen molar-refractivity contribution in [2.24, 2.45) is 22.1 Å². The van der Waals surface area contributed by atoms with Crippen LogP contribution in [0.15, 0.2) is 64.1 Å². The highest BCUT2D eigenvalue weighted by Crippen LogP contribution is 2.24. The first-order valence-electron chi connectivity index (χ1n) is 15.9. The van der Waals surface area contributed by atoms with Crippen LogP contribution in [0.1, 0.15) is 107 Å². The number of carbonyl (C=O) groups excluding carboxylic acids is 3.